The Kier molecular flexibility index (Phi) is 2.27. The largest absolute Gasteiger partial charge is 0.474 e. The summed E-state index contributed by atoms with van der Waals surface area (Å²) in [6, 6.07) is 0. The number of nitrogens with zero attached hydrogens (tertiary/aromatic N) is 2. The quantitative estimate of drug-likeness (QED) is 0.393. The van der Waals surface area contributed by atoms with Crippen molar-refractivity contribution >= 4 is 11.5 Å². The molecule has 1 aromatic rings. The molecule has 1 rings (SSSR count). The van der Waals surface area contributed by atoms with E-state index in [4.69, 9.17) is 0 Å². The van der Waals surface area contributed by atoms with Crippen molar-refractivity contribution in [1.29, 1.82) is 0 Å². The van der Waals surface area contributed by atoms with E-state index in [1.54, 1.807) is 0 Å². The molecule has 0 bridgehead atoms. The summed E-state index contributed by atoms with van der Waals surface area (Å²) in [5.74, 6) is -1.26. The van der Waals surface area contributed by atoms with Gasteiger partial charge in [-0.05, 0) is 5.16 Å². The molecule has 0 spiro atoms. The molecule has 70 valence electrons. The van der Waals surface area contributed by atoms with Crippen LogP contribution in [0.25, 0.3) is 0 Å². The zero-order valence-corrected chi connectivity index (χ0v) is 6.94. The smallest absolute Gasteiger partial charge is 0.382 e. The lowest BCUT2D eigenvalue weighted by Gasteiger charge is -1.90. The Bertz CT molecular complexity index is 356. The fourth-order valence-electron chi connectivity index (χ4n) is 0.797. The Hall–Kier alpha value is -1.92. The minimum Gasteiger partial charge on any atom is -0.474 e. The first-order valence-corrected chi connectivity index (χ1v) is 3.27. The number of rotatable bonds is 3. The SMILES string of the molecule is COc1noc(C(C)=O)c1[N+](=O)[O-]. The molecule has 0 atom stereocenters. The highest BCUT2D eigenvalue weighted by Gasteiger charge is 2.30. The molecule has 0 saturated carbocycles. The van der Waals surface area contributed by atoms with Gasteiger partial charge in [-0.3, -0.25) is 14.9 Å². The molecule has 7 heteroatoms. The molecule has 0 aromatic carbocycles. The van der Waals surface area contributed by atoms with Gasteiger partial charge in [0.15, 0.2) is 0 Å². The van der Waals surface area contributed by atoms with Gasteiger partial charge in [0.05, 0.1) is 12.0 Å². The van der Waals surface area contributed by atoms with Gasteiger partial charge in [-0.2, -0.15) is 0 Å². The Morgan fingerprint density at radius 3 is 2.69 bits per heavy atom. The summed E-state index contributed by atoms with van der Waals surface area (Å²) < 4.78 is 8.98. The highest BCUT2D eigenvalue weighted by Crippen LogP contribution is 2.29. The van der Waals surface area contributed by atoms with E-state index in [1.807, 2.05) is 0 Å². The maximum atomic E-state index is 10.8. The minimum atomic E-state index is -0.772. The fraction of sp³-hybridized carbons (Fsp3) is 0.333. The molecular weight excluding hydrogens is 180 g/mol. The molecule has 1 aromatic heterocycles. The molecule has 0 aliphatic carbocycles. The van der Waals surface area contributed by atoms with Crippen LogP contribution in [0.1, 0.15) is 17.5 Å². The molecule has 0 fully saturated rings. The van der Waals surface area contributed by atoms with Crippen molar-refractivity contribution in [3.63, 3.8) is 0 Å². The average molecular weight is 186 g/mol. The van der Waals surface area contributed by atoms with Gasteiger partial charge in [0.25, 0.3) is 5.76 Å². The van der Waals surface area contributed by atoms with Crippen LogP contribution >= 0.6 is 0 Å². The lowest BCUT2D eigenvalue weighted by atomic mass is 10.3. The predicted octanol–water partition coefficient (Wildman–Crippen LogP) is 0.794. The van der Waals surface area contributed by atoms with Crippen LogP contribution in [0.2, 0.25) is 0 Å². The first-order valence-electron chi connectivity index (χ1n) is 3.27. The monoisotopic (exact) mass is 186 g/mol. The van der Waals surface area contributed by atoms with Crippen LogP contribution in [-0.4, -0.2) is 23.0 Å². The van der Waals surface area contributed by atoms with Crippen LogP contribution < -0.4 is 4.74 Å². The second-order valence-electron chi connectivity index (χ2n) is 2.18. The molecule has 0 unspecified atom stereocenters. The number of nitro groups is 1. The van der Waals surface area contributed by atoms with Crippen LogP contribution in [0, 0.1) is 10.1 Å². The molecule has 1 heterocycles. The lowest BCUT2D eigenvalue weighted by molar-refractivity contribution is -0.386. The van der Waals surface area contributed by atoms with E-state index in [1.165, 1.54) is 7.11 Å². The van der Waals surface area contributed by atoms with Crippen molar-refractivity contribution < 1.29 is 19.0 Å². The van der Waals surface area contributed by atoms with E-state index >= 15 is 0 Å². The van der Waals surface area contributed by atoms with E-state index in [0.717, 1.165) is 6.92 Å². The number of carbonyl (C=O) groups excluding carboxylic acids is 1. The van der Waals surface area contributed by atoms with Gasteiger partial charge < -0.3 is 9.26 Å². The lowest BCUT2D eigenvalue weighted by Crippen LogP contribution is -1.97. The van der Waals surface area contributed by atoms with Crippen molar-refractivity contribution in [2.75, 3.05) is 7.11 Å². The first-order chi connectivity index (χ1) is 6.07. The number of methoxy groups -OCH3 is 1. The fourth-order valence-corrected chi connectivity index (χ4v) is 0.797. The normalized spacial score (nSPS) is 9.69. The number of aromatic nitrogens is 1. The van der Waals surface area contributed by atoms with Crippen molar-refractivity contribution in [3.05, 3.63) is 15.9 Å². The van der Waals surface area contributed by atoms with Crippen LogP contribution in [-0.2, 0) is 0 Å². The third-order valence-corrected chi connectivity index (χ3v) is 1.33. The number of hydrogen-bond acceptors (Lipinski definition) is 6. The summed E-state index contributed by atoms with van der Waals surface area (Å²) in [5, 5.41) is 13.7. The van der Waals surface area contributed by atoms with Crippen molar-refractivity contribution in [2.24, 2.45) is 0 Å². The minimum absolute atomic E-state index is 0.296. The maximum Gasteiger partial charge on any atom is 0.382 e. The van der Waals surface area contributed by atoms with E-state index in [2.05, 4.69) is 14.4 Å². The summed E-state index contributed by atoms with van der Waals surface area (Å²) in [5.41, 5.74) is -0.532. The van der Waals surface area contributed by atoms with Gasteiger partial charge in [0.1, 0.15) is 0 Å². The second kappa shape index (κ2) is 3.21. The summed E-state index contributed by atoms with van der Waals surface area (Å²) >= 11 is 0. The van der Waals surface area contributed by atoms with Crippen molar-refractivity contribution in [2.45, 2.75) is 6.92 Å². The Morgan fingerprint density at radius 1 is 1.69 bits per heavy atom. The molecule has 0 amide bonds. The predicted molar refractivity (Wildman–Crippen MR) is 39.7 cm³/mol. The molecular formula is C6H6N2O5. The molecule has 7 nitrogen and oxygen atoms in total. The standard InChI is InChI=1S/C6H6N2O5/c1-3(9)5-4(8(10)11)6(12-2)7-13-5/h1-2H3. The number of hydrogen-bond donors (Lipinski definition) is 0. The Balaban J connectivity index is 3.30. The van der Waals surface area contributed by atoms with E-state index < -0.39 is 22.2 Å². The number of ketones is 1. The summed E-state index contributed by atoms with van der Waals surface area (Å²) in [6.45, 7) is 1.15. The second-order valence-corrected chi connectivity index (χ2v) is 2.18. The molecule has 0 saturated heterocycles. The molecule has 0 radical (unpaired) electrons. The van der Waals surface area contributed by atoms with Crippen LogP contribution in [0.4, 0.5) is 5.69 Å². The van der Waals surface area contributed by atoms with E-state index in [9.17, 15) is 14.9 Å². The molecule has 0 aliphatic rings. The van der Waals surface area contributed by atoms with Gasteiger partial charge in [-0.15, -0.1) is 0 Å². The van der Waals surface area contributed by atoms with Gasteiger partial charge in [-0.25, -0.2) is 0 Å². The zero-order valence-electron chi connectivity index (χ0n) is 6.94. The Morgan fingerprint density at radius 2 is 2.31 bits per heavy atom. The summed E-state index contributed by atoms with van der Waals surface area (Å²) in [7, 11) is 1.20. The average Bonchev–Trinajstić information content (AvgIpc) is 2.46. The molecule has 13 heavy (non-hydrogen) atoms. The molecule has 0 aliphatic heterocycles. The van der Waals surface area contributed by atoms with Crippen molar-refractivity contribution in [3.8, 4) is 5.88 Å². The number of Topliss-reactive ketones (excluding diaryl/α,β-unsaturated/α-hetero) is 1. The van der Waals surface area contributed by atoms with Crippen LogP contribution in [0.15, 0.2) is 4.52 Å². The number of carbonyl (C=O) groups is 1. The number of ether oxygens (including phenoxy) is 1. The van der Waals surface area contributed by atoms with Gasteiger partial charge >= 0.3 is 11.6 Å². The van der Waals surface area contributed by atoms with Gasteiger partial charge in [0, 0.05) is 6.92 Å². The topological polar surface area (TPSA) is 95.5 Å². The van der Waals surface area contributed by atoms with Crippen molar-refractivity contribution in [1.82, 2.24) is 5.16 Å². The Labute approximate surface area is 72.4 Å². The summed E-state index contributed by atoms with van der Waals surface area (Å²) in [6.07, 6.45) is 0. The molecule has 0 N–H and O–H groups in total. The van der Waals surface area contributed by atoms with Crippen LogP contribution in [0.5, 0.6) is 5.88 Å². The van der Waals surface area contributed by atoms with E-state index in [-0.39, 0.29) is 5.88 Å². The van der Waals surface area contributed by atoms with E-state index in [0.29, 0.717) is 0 Å². The highest BCUT2D eigenvalue weighted by atomic mass is 16.6. The third kappa shape index (κ3) is 1.48. The third-order valence-electron chi connectivity index (χ3n) is 1.33. The van der Waals surface area contributed by atoms with Crippen LogP contribution in [0.3, 0.4) is 0 Å². The zero-order chi connectivity index (χ0) is 10.0. The first kappa shape index (κ1) is 9.17. The highest BCUT2D eigenvalue weighted by molar-refractivity contribution is 5.95. The maximum absolute atomic E-state index is 10.8. The van der Waals surface area contributed by atoms with Gasteiger partial charge in [0.2, 0.25) is 5.78 Å². The van der Waals surface area contributed by atoms with Gasteiger partial charge in [-0.1, -0.05) is 0 Å². The summed E-state index contributed by atoms with van der Waals surface area (Å²) in [4.78, 5) is 20.5.